The van der Waals surface area contributed by atoms with Gasteiger partial charge in [-0.2, -0.15) is 0 Å². The minimum atomic E-state index is -1.77. The first kappa shape index (κ1) is 16.7. The second-order valence-electron chi connectivity index (χ2n) is 7.98. The maximum absolute atomic E-state index is 13.6. The molecule has 0 radical (unpaired) electrons. The SMILES string of the molecule is [2H]C([2H])(C)C1=C[C@H]2C[C@]3(C(=O)OC)c4c(c5ccccc5n4C(=O)OC)CCN(C2=O)[C@H]13. The monoisotopic (exact) mass is 410 g/mol. The fourth-order valence-electron chi connectivity index (χ4n) is 5.72. The van der Waals surface area contributed by atoms with Gasteiger partial charge in [-0.15, -0.1) is 0 Å². The van der Waals surface area contributed by atoms with Crippen LogP contribution in [0.5, 0.6) is 0 Å². The first-order valence-electron chi connectivity index (χ1n) is 11.0. The third-order valence-corrected chi connectivity index (χ3v) is 6.80. The summed E-state index contributed by atoms with van der Waals surface area (Å²) in [4.78, 5) is 41.5. The number of methoxy groups -OCH3 is 2. The van der Waals surface area contributed by atoms with E-state index in [1.165, 1.54) is 25.7 Å². The molecule has 1 saturated heterocycles. The fraction of sp³-hybridized carbons (Fsp3) is 0.435. The molecule has 0 spiro atoms. The molecule has 1 amide bonds. The molecule has 3 atom stereocenters. The number of carbonyl (C=O) groups is 3. The number of piperidine rings is 1. The van der Waals surface area contributed by atoms with E-state index in [2.05, 4.69) is 0 Å². The molecule has 4 heterocycles. The largest absolute Gasteiger partial charge is 0.468 e. The normalized spacial score (nSPS) is 28.3. The Bertz CT molecular complexity index is 1210. The number of rotatable bonds is 2. The molecule has 7 nitrogen and oxygen atoms in total. The lowest BCUT2D eigenvalue weighted by Gasteiger charge is -2.53. The molecule has 1 fully saturated rings. The van der Waals surface area contributed by atoms with Crippen LogP contribution in [0.15, 0.2) is 35.9 Å². The van der Waals surface area contributed by atoms with Gasteiger partial charge in [-0.25, -0.2) is 9.36 Å². The lowest BCUT2D eigenvalue weighted by molar-refractivity contribution is -0.160. The smallest absolute Gasteiger partial charge is 0.418 e. The summed E-state index contributed by atoms with van der Waals surface area (Å²) in [5.74, 6) is -1.39. The van der Waals surface area contributed by atoms with Gasteiger partial charge < -0.3 is 14.4 Å². The molecule has 1 aromatic heterocycles. The van der Waals surface area contributed by atoms with Crippen LogP contribution in [0.25, 0.3) is 10.9 Å². The summed E-state index contributed by atoms with van der Waals surface area (Å²) in [6.45, 7) is 1.74. The van der Waals surface area contributed by atoms with Crippen molar-refractivity contribution in [2.75, 3.05) is 20.8 Å². The first-order chi connectivity index (χ1) is 15.2. The van der Waals surface area contributed by atoms with Gasteiger partial charge in [0.15, 0.2) is 0 Å². The Morgan fingerprint density at radius 1 is 1.27 bits per heavy atom. The van der Waals surface area contributed by atoms with Crippen molar-refractivity contribution in [3.8, 4) is 0 Å². The van der Waals surface area contributed by atoms with Crippen LogP contribution in [0, 0.1) is 5.92 Å². The second-order valence-corrected chi connectivity index (χ2v) is 7.98. The van der Waals surface area contributed by atoms with E-state index in [4.69, 9.17) is 12.2 Å². The average molecular weight is 410 g/mol. The maximum Gasteiger partial charge on any atom is 0.418 e. The minimum absolute atomic E-state index is 0.111. The summed E-state index contributed by atoms with van der Waals surface area (Å²) in [6, 6.07) is 6.47. The van der Waals surface area contributed by atoms with Crippen LogP contribution < -0.4 is 0 Å². The van der Waals surface area contributed by atoms with Crippen LogP contribution >= 0.6 is 0 Å². The second kappa shape index (κ2) is 6.45. The molecule has 4 bridgehead atoms. The summed E-state index contributed by atoms with van der Waals surface area (Å²) in [5.41, 5.74) is 0.777. The standard InChI is InChI=1S/C23H24N2O5/c1-4-13-11-14-12-23(21(27)29-2)18(13)24(20(14)26)10-9-16-15-7-5-6-8-17(15)25(19(16)23)22(28)30-3/h5-8,11,14,18H,4,9-10,12H2,1-3H3/t14-,18+,23+/m0/s1/i4D2. The van der Waals surface area contributed by atoms with Crippen molar-refractivity contribution in [3.05, 3.63) is 47.2 Å². The number of amides is 1. The lowest BCUT2D eigenvalue weighted by atomic mass is 9.60. The lowest BCUT2D eigenvalue weighted by Crippen LogP contribution is -2.66. The molecule has 6 rings (SSSR count). The van der Waals surface area contributed by atoms with Crippen molar-refractivity contribution in [1.29, 1.82) is 0 Å². The van der Waals surface area contributed by atoms with E-state index in [0.717, 1.165) is 10.9 Å². The van der Waals surface area contributed by atoms with Crippen LogP contribution in [0.3, 0.4) is 0 Å². The summed E-state index contributed by atoms with van der Waals surface area (Å²) < 4.78 is 28.7. The van der Waals surface area contributed by atoms with Crippen LogP contribution in [0.2, 0.25) is 0 Å². The van der Waals surface area contributed by atoms with Crippen molar-refractivity contribution in [1.82, 2.24) is 9.47 Å². The number of aromatic nitrogens is 1. The molecule has 1 aromatic carbocycles. The molecule has 156 valence electrons. The van der Waals surface area contributed by atoms with E-state index >= 15 is 0 Å². The number of ether oxygens (including phenoxy) is 2. The Morgan fingerprint density at radius 2 is 2.03 bits per heavy atom. The molecule has 3 aliphatic heterocycles. The molecule has 0 unspecified atom stereocenters. The van der Waals surface area contributed by atoms with Gasteiger partial charge in [0.05, 0.1) is 37.4 Å². The highest BCUT2D eigenvalue weighted by molar-refractivity contribution is 6.00. The summed E-state index contributed by atoms with van der Waals surface area (Å²) in [5, 5.41) is 0.804. The zero-order valence-electron chi connectivity index (χ0n) is 19.1. The number of esters is 1. The summed E-state index contributed by atoms with van der Waals surface area (Å²) in [6.07, 6.45) is -0.209. The molecular weight excluding hydrogens is 384 g/mol. The fourth-order valence-corrected chi connectivity index (χ4v) is 5.72. The van der Waals surface area contributed by atoms with Gasteiger partial charge in [0.25, 0.3) is 0 Å². The summed E-state index contributed by atoms with van der Waals surface area (Å²) in [7, 11) is 2.56. The van der Waals surface area contributed by atoms with Crippen molar-refractivity contribution in [2.24, 2.45) is 5.92 Å². The molecule has 7 heteroatoms. The highest BCUT2D eigenvalue weighted by atomic mass is 16.5. The molecular formula is C23H24N2O5. The Labute approximate surface area is 177 Å². The number of nitrogens with zero attached hydrogens (tertiary/aromatic N) is 2. The van der Waals surface area contributed by atoms with Crippen LogP contribution in [-0.2, 0) is 30.9 Å². The molecule has 0 saturated carbocycles. The van der Waals surface area contributed by atoms with Gasteiger partial charge in [0.1, 0.15) is 5.41 Å². The third kappa shape index (κ3) is 2.12. The van der Waals surface area contributed by atoms with Gasteiger partial charge in [0.2, 0.25) is 5.91 Å². The predicted molar refractivity (Wildman–Crippen MR) is 109 cm³/mol. The van der Waals surface area contributed by atoms with E-state index in [1.807, 2.05) is 18.2 Å². The van der Waals surface area contributed by atoms with Crippen molar-refractivity contribution in [2.45, 2.75) is 37.6 Å². The summed E-state index contributed by atoms with van der Waals surface area (Å²) >= 11 is 0. The Hall–Kier alpha value is -3.09. The number of carbonyl (C=O) groups excluding carboxylic acids is 3. The van der Waals surface area contributed by atoms with Gasteiger partial charge in [-0.1, -0.05) is 31.2 Å². The van der Waals surface area contributed by atoms with Gasteiger partial charge >= 0.3 is 12.1 Å². The minimum Gasteiger partial charge on any atom is -0.468 e. The quantitative estimate of drug-likeness (QED) is 0.562. The van der Waals surface area contributed by atoms with Crippen LogP contribution in [0.1, 0.15) is 33.7 Å². The van der Waals surface area contributed by atoms with E-state index in [9.17, 15) is 14.4 Å². The number of para-hydroxylation sites is 1. The van der Waals surface area contributed by atoms with Crippen LogP contribution in [0.4, 0.5) is 4.79 Å². The molecule has 30 heavy (non-hydrogen) atoms. The maximum atomic E-state index is 13.6. The molecule has 0 N–H and O–H groups in total. The zero-order chi connectivity index (χ0) is 23.0. The molecule has 2 aromatic rings. The Kier molecular flexibility index (Phi) is 3.59. The highest BCUT2D eigenvalue weighted by Gasteiger charge is 2.64. The third-order valence-electron chi connectivity index (χ3n) is 6.80. The number of hydrogen-bond acceptors (Lipinski definition) is 5. The Morgan fingerprint density at radius 3 is 2.73 bits per heavy atom. The number of hydrogen-bond donors (Lipinski definition) is 0. The Balaban J connectivity index is 1.93. The highest BCUT2D eigenvalue weighted by Crippen LogP contribution is 2.54. The topological polar surface area (TPSA) is 77.8 Å². The van der Waals surface area contributed by atoms with Gasteiger partial charge in [-0.3, -0.25) is 9.59 Å². The van der Waals surface area contributed by atoms with Crippen molar-refractivity contribution >= 4 is 28.9 Å². The predicted octanol–water partition coefficient (Wildman–Crippen LogP) is 2.79. The van der Waals surface area contributed by atoms with Crippen molar-refractivity contribution < 1.29 is 26.6 Å². The molecule has 4 aliphatic rings. The van der Waals surface area contributed by atoms with E-state index in [0.29, 0.717) is 29.7 Å². The zero-order valence-corrected chi connectivity index (χ0v) is 17.1. The first-order valence-corrected chi connectivity index (χ1v) is 9.99. The van der Waals surface area contributed by atoms with Gasteiger partial charge in [0, 0.05) is 14.7 Å². The van der Waals surface area contributed by atoms with Crippen molar-refractivity contribution in [3.63, 3.8) is 0 Å². The average Bonchev–Trinajstić information content (AvgIpc) is 3.04. The number of benzene rings is 1. The molecule has 1 aliphatic carbocycles. The van der Waals surface area contributed by atoms with Crippen LogP contribution in [-0.4, -0.2) is 54.2 Å². The number of fused-ring (bicyclic) bond motifs is 3. The van der Waals surface area contributed by atoms with E-state index < -0.39 is 35.8 Å². The van der Waals surface area contributed by atoms with Gasteiger partial charge in [-0.05, 0) is 36.4 Å². The van der Waals surface area contributed by atoms with E-state index in [-0.39, 0.29) is 12.3 Å². The van der Waals surface area contributed by atoms with E-state index in [1.54, 1.807) is 17.0 Å².